The van der Waals surface area contributed by atoms with E-state index in [0.717, 1.165) is 24.0 Å². The van der Waals surface area contributed by atoms with Crippen LogP contribution in [-0.4, -0.2) is 42.5 Å². The summed E-state index contributed by atoms with van der Waals surface area (Å²) in [6.45, 7) is 14.8. The van der Waals surface area contributed by atoms with Gasteiger partial charge in [0.2, 0.25) is 0 Å². The van der Waals surface area contributed by atoms with E-state index in [2.05, 4.69) is 45.4 Å². The first-order valence-corrected chi connectivity index (χ1v) is 13.1. The molecule has 0 spiro atoms. The molecule has 1 unspecified atom stereocenters. The lowest BCUT2D eigenvalue weighted by Crippen LogP contribution is -2.56. The summed E-state index contributed by atoms with van der Waals surface area (Å²) in [7, 11) is -0.844. The Labute approximate surface area is 219 Å². The molecule has 2 amide bonds. The van der Waals surface area contributed by atoms with Gasteiger partial charge in [-0.2, -0.15) is 0 Å². The van der Waals surface area contributed by atoms with E-state index in [1.165, 1.54) is 5.01 Å². The standard InChI is InChI=1S/C28H38BN3O5/c1-8-21(27(4,5)6)32(26(35)19-12-17(3)13-28(7,9-2)14-19)31-25(34)20-11-10-18-16-36-29-23(18)24(20)30-15-22(33)37-29/h10-12,14,21,30H,8-9,13,15-16H2,1-7H3,(H,31,34)/t21-,28?/m1/s1. The number of hydrogen-bond acceptors (Lipinski definition) is 6. The molecule has 2 atom stereocenters. The Bertz CT molecular complexity index is 1180. The molecule has 1 aromatic rings. The molecular weight excluding hydrogens is 469 g/mol. The highest BCUT2D eigenvalue weighted by molar-refractivity contribution is 6.66. The molecule has 2 aliphatic heterocycles. The number of nitrogens with one attached hydrogen (secondary N) is 2. The summed E-state index contributed by atoms with van der Waals surface area (Å²) in [6.07, 6.45) is 6.45. The maximum absolute atomic E-state index is 14.1. The van der Waals surface area contributed by atoms with Crippen molar-refractivity contribution in [2.75, 3.05) is 11.9 Å². The van der Waals surface area contributed by atoms with E-state index in [9.17, 15) is 14.4 Å². The molecule has 0 saturated carbocycles. The Kier molecular flexibility index (Phi) is 7.30. The van der Waals surface area contributed by atoms with Crippen LogP contribution in [-0.2, 0) is 25.5 Å². The van der Waals surface area contributed by atoms with Gasteiger partial charge in [-0.1, -0.05) is 65.3 Å². The van der Waals surface area contributed by atoms with Crippen LogP contribution in [0.1, 0.15) is 83.7 Å². The second-order valence-electron chi connectivity index (χ2n) is 11.7. The number of carbonyl (C=O) groups is 3. The fourth-order valence-corrected chi connectivity index (χ4v) is 5.63. The van der Waals surface area contributed by atoms with Crippen molar-refractivity contribution in [1.29, 1.82) is 0 Å². The van der Waals surface area contributed by atoms with Crippen LogP contribution in [0.2, 0.25) is 0 Å². The lowest BCUT2D eigenvalue weighted by atomic mass is 9.76. The molecule has 37 heavy (non-hydrogen) atoms. The Morgan fingerprint density at radius 3 is 2.65 bits per heavy atom. The van der Waals surface area contributed by atoms with Gasteiger partial charge in [-0.05, 0) is 48.6 Å². The van der Waals surface area contributed by atoms with Crippen LogP contribution < -0.4 is 16.2 Å². The van der Waals surface area contributed by atoms with E-state index in [1.807, 2.05) is 32.1 Å². The number of carbonyl (C=O) groups excluding carboxylic acids is 3. The van der Waals surface area contributed by atoms with Crippen LogP contribution in [0, 0.1) is 10.8 Å². The highest BCUT2D eigenvalue weighted by atomic mass is 16.6. The Hall–Kier alpha value is -3.07. The van der Waals surface area contributed by atoms with Gasteiger partial charge in [-0.25, -0.2) is 5.01 Å². The number of amides is 2. The monoisotopic (exact) mass is 507 g/mol. The summed E-state index contributed by atoms with van der Waals surface area (Å²) < 4.78 is 11.0. The van der Waals surface area contributed by atoms with E-state index in [1.54, 1.807) is 6.07 Å². The highest BCUT2D eigenvalue weighted by Crippen LogP contribution is 2.38. The molecule has 1 aromatic carbocycles. The average Bonchev–Trinajstić information content (AvgIpc) is 3.14. The molecule has 0 radical (unpaired) electrons. The normalized spacial score (nSPS) is 21.6. The minimum Gasteiger partial charge on any atom is -0.504 e. The number of nitrogens with zero attached hydrogens (tertiary/aromatic N) is 1. The zero-order valence-corrected chi connectivity index (χ0v) is 23.0. The van der Waals surface area contributed by atoms with Crippen molar-refractivity contribution in [3.8, 4) is 0 Å². The molecule has 198 valence electrons. The number of allylic oxidation sites excluding steroid dienone is 2. The minimum absolute atomic E-state index is 0.0780. The Balaban J connectivity index is 1.73. The van der Waals surface area contributed by atoms with Crippen molar-refractivity contribution in [1.82, 2.24) is 10.4 Å². The molecule has 8 nitrogen and oxygen atoms in total. The molecule has 0 fully saturated rings. The van der Waals surface area contributed by atoms with Crippen molar-refractivity contribution in [3.63, 3.8) is 0 Å². The summed E-state index contributed by atoms with van der Waals surface area (Å²) in [4.78, 5) is 39.9. The van der Waals surface area contributed by atoms with Crippen molar-refractivity contribution in [3.05, 3.63) is 46.6 Å². The van der Waals surface area contributed by atoms with Gasteiger partial charge < -0.3 is 14.6 Å². The average molecular weight is 507 g/mol. The van der Waals surface area contributed by atoms with Crippen LogP contribution >= 0.6 is 0 Å². The van der Waals surface area contributed by atoms with Gasteiger partial charge in [-0.15, -0.1) is 0 Å². The third kappa shape index (κ3) is 5.32. The molecule has 0 bridgehead atoms. The first-order valence-electron chi connectivity index (χ1n) is 13.1. The number of rotatable bonds is 5. The highest BCUT2D eigenvalue weighted by Gasteiger charge is 2.41. The molecular formula is C28H38BN3O5. The first-order chi connectivity index (χ1) is 17.4. The van der Waals surface area contributed by atoms with E-state index >= 15 is 0 Å². The van der Waals surface area contributed by atoms with E-state index in [0.29, 0.717) is 35.3 Å². The number of benzene rings is 1. The van der Waals surface area contributed by atoms with Gasteiger partial charge in [-0.3, -0.25) is 19.8 Å². The third-order valence-electron chi connectivity index (χ3n) is 7.64. The lowest BCUT2D eigenvalue weighted by Gasteiger charge is -2.40. The maximum Gasteiger partial charge on any atom is 0.567 e. The molecule has 1 aliphatic carbocycles. The van der Waals surface area contributed by atoms with E-state index in [4.69, 9.17) is 9.31 Å². The summed E-state index contributed by atoms with van der Waals surface area (Å²) in [5.74, 6) is -1.12. The summed E-state index contributed by atoms with van der Waals surface area (Å²) in [5.41, 5.74) is 6.64. The summed E-state index contributed by atoms with van der Waals surface area (Å²) in [6, 6.07) is 3.26. The fourth-order valence-electron chi connectivity index (χ4n) is 5.63. The van der Waals surface area contributed by atoms with Crippen LogP contribution in [0.4, 0.5) is 5.69 Å². The van der Waals surface area contributed by atoms with Crippen LogP contribution in [0.15, 0.2) is 35.4 Å². The summed E-state index contributed by atoms with van der Waals surface area (Å²) >= 11 is 0. The number of hydrogen-bond donors (Lipinski definition) is 2. The van der Waals surface area contributed by atoms with Gasteiger partial charge in [0.25, 0.3) is 11.8 Å². The minimum atomic E-state index is -0.844. The van der Waals surface area contributed by atoms with Crippen molar-refractivity contribution < 1.29 is 23.7 Å². The first kappa shape index (κ1) is 27.0. The Morgan fingerprint density at radius 1 is 1.27 bits per heavy atom. The zero-order chi connectivity index (χ0) is 27.1. The maximum atomic E-state index is 14.1. The molecule has 9 heteroatoms. The lowest BCUT2D eigenvalue weighted by molar-refractivity contribution is -0.135. The molecule has 4 rings (SSSR count). The van der Waals surface area contributed by atoms with Gasteiger partial charge in [0.15, 0.2) is 0 Å². The van der Waals surface area contributed by atoms with Gasteiger partial charge in [0.1, 0.15) is 6.54 Å². The van der Waals surface area contributed by atoms with Crippen molar-refractivity contribution in [2.24, 2.45) is 10.8 Å². The number of hydrazine groups is 1. The molecule has 3 aliphatic rings. The van der Waals surface area contributed by atoms with Crippen LogP contribution in [0.3, 0.4) is 0 Å². The van der Waals surface area contributed by atoms with Gasteiger partial charge >= 0.3 is 13.1 Å². The van der Waals surface area contributed by atoms with Crippen LogP contribution in [0.5, 0.6) is 0 Å². The van der Waals surface area contributed by atoms with E-state index in [-0.39, 0.29) is 29.3 Å². The molecule has 0 aromatic heterocycles. The summed E-state index contributed by atoms with van der Waals surface area (Å²) in [5, 5.41) is 4.56. The third-order valence-corrected chi connectivity index (χ3v) is 7.64. The van der Waals surface area contributed by atoms with Crippen molar-refractivity contribution in [2.45, 2.75) is 80.4 Å². The quantitative estimate of drug-likeness (QED) is 0.464. The van der Waals surface area contributed by atoms with Gasteiger partial charge in [0.05, 0.1) is 18.2 Å². The van der Waals surface area contributed by atoms with Gasteiger partial charge in [0, 0.05) is 16.7 Å². The topological polar surface area (TPSA) is 97.0 Å². The zero-order valence-electron chi connectivity index (χ0n) is 23.0. The largest absolute Gasteiger partial charge is 0.567 e. The van der Waals surface area contributed by atoms with Crippen LogP contribution in [0.25, 0.3) is 0 Å². The SMILES string of the molecule is CC[C@@H](N(NC(=O)c1ccc2c3c1NCC(=O)OB3OC2)C(=O)C1=CC(C)(CC)CC(C)=C1)C(C)(C)C. The number of anilines is 1. The second-order valence-corrected chi connectivity index (χ2v) is 11.7. The Morgan fingerprint density at radius 2 is 2.00 bits per heavy atom. The predicted octanol–water partition coefficient (Wildman–Crippen LogP) is 3.87. The van der Waals surface area contributed by atoms with E-state index < -0.39 is 19.0 Å². The predicted molar refractivity (Wildman–Crippen MR) is 144 cm³/mol. The van der Waals surface area contributed by atoms with Crippen molar-refractivity contribution >= 4 is 36.1 Å². The smallest absolute Gasteiger partial charge is 0.504 e. The molecule has 2 N–H and O–H groups in total. The molecule has 2 heterocycles. The molecule has 0 saturated heterocycles. The fraction of sp³-hybridized carbons (Fsp3) is 0.536. The second kappa shape index (κ2) is 10.0.